The van der Waals surface area contributed by atoms with Crippen molar-refractivity contribution in [3.8, 4) is 5.75 Å². The van der Waals surface area contributed by atoms with Crippen LogP contribution in [0.2, 0.25) is 0 Å². The average molecular weight is 378 g/mol. The van der Waals surface area contributed by atoms with Gasteiger partial charge in [-0.15, -0.1) is 0 Å². The van der Waals surface area contributed by atoms with Crippen molar-refractivity contribution in [3.63, 3.8) is 0 Å². The summed E-state index contributed by atoms with van der Waals surface area (Å²) < 4.78 is 54.6. The summed E-state index contributed by atoms with van der Waals surface area (Å²) >= 11 is 3.17. The Bertz CT molecular complexity index is 781. The van der Waals surface area contributed by atoms with Crippen LogP contribution in [0.5, 0.6) is 5.75 Å². The molecule has 0 spiro atoms. The van der Waals surface area contributed by atoms with Crippen LogP contribution in [0.15, 0.2) is 45.8 Å². The number of benzene rings is 2. The van der Waals surface area contributed by atoms with Crippen molar-refractivity contribution in [2.24, 2.45) is 5.14 Å². The van der Waals surface area contributed by atoms with Gasteiger partial charge < -0.3 is 4.74 Å². The predicted octanol–water partition coefficient (Wildman–Crippen LogP) is 2.95. The van der Waals surface area contributed by atoms with Crippen LogP contribution < -0.4 is 9.88 Å². The van der Waals surface area contributed by atoms with E-state index in [0.717, 1.165) is 12.1 Å². The molecule has 0 radical (unpaired) electrons. The van der Waals surface area contributed by atoms with E-state index in [2.05, 4.69) is 15.9 Å². The van der Waals surface area contributed by atoms with E-state index in [0.29, 0.717) is 10.0 Å². The lowest BCUT2D eigenvalue weighted by Crippen LogP contribution is -2.12. The highest BCUT2D eigenvalue weighted by atomic mass is 79.9. The van der Waals surface area contributed by atoms with Gasteiger partial charge in [0.15, 0.2) is 11.6 Å². The SMILES string of the molecule is NS(=O)(=O)c1ccc(OCc2ccc(F)cc2Br)c(F)c1. The number of halogens is 3. The number of hydrogen-bond donors (Lipinski definition) is 1. The second-order valence-electron chi connectivity index (χ2n) is 4.16. The number of ether oxygens (including phenoxy) is 1. The molecular formula is C13H10BrF2NO3S. The molecule has 0 aliphatic rings. The molecule has 0 bridgehead atoms. The molecule has 8 heteroatoms. The maximum absolute atomic E-state index is 13.7. The molecule has 0 aliphatic heterocycles. The zero-order valence-electron chi connectivity index (χ0n) is 10.5. The van der Waals surface area contributed by atoms with Crippen LogP contribution in [0, 0.1) is 11.6 Å². The van der Waals surface area contributed by atoms with Gasteiger partial charge in [0.1, 0.15) is 12.4 Å². The third kappa shape index (κ3) is 3.99. The number of sulfonamides is 1. The van der Waals surface area contributed by atoms with Gasteiger partial charge in [-0.25, -0.2) is 22.3 Å². The maximum atomic E-state index is 13.7. The van der Waals surface area contributed by atoms with Crippen LogP contribution in [0.3, 0.4) is 0 Å². The summed E-state index contributed by atoms with van der Waals surface area (Å²) in [6.07, 6.45) is 0. The van der Waals surface area contributed by atoms with Gasteiger partial charge in [0.25, 0.3) is 0 Å². The highest BCUT2D eigenvalue weighted by Crippen LogP contribution is 2.24. The zero-order valence-corrected chi connectivity index (χ0v) is 12.9. The minimum atomic E-state index is -3.97. The van der Waals surface area contributed by atoms with Gasteiger partial charge in [-0.05, 0) is 30.3 Å². The van der Waals surface area contributed by atoms with E-state index in [1.165, 1.54) is 24.3 Å². The van der Waals surface area contributed by atoms with Crippen molar-refractivity contribution in [2.45, 2.75) is 11.5 Å². The van der Waals surface area contributed by atoms with Crippen LogP contribution in [0.25, 0.3) is 0 Å². The van der Waals surface area contributed by atoms with E-state index in [1.807, 2.05) is 0 Å². The zero-order chi connectivity index (χ0) is 15.6. The molecule has 0 unspecified atom stereocenters. The molecular weight excluding hydrogens is 368 g/mol. The molecule has 2 aromatic carbocycles. The van der Waals surface area contributed by atoms with Gasteiger partial charge in [0.2, 0.25) is 10.0 Å². The molecule has 0 amide bonds. The molecule has 2 aromatic rings. The number of hydrogen-bond acceptors (Lipinski definition) is 3. The van der Waals surface area contributed by atoms with E-state index in [4.69, 9.17) is 9.88 Å². The van der Waals surface area contributed by atoms with Gasteiger partial charge in [-0.3, -0.25) is 0 Å². The van der Waals surface area contributed by atoms with Gasteiger partial charge in [-0.1, -0.05) is 22.0 Å². The Hall–Kier alpha value is -1.51. The number of primary sulfonamides is 1. The molecule has 112 valence electrons. The standard InChI is InChI=1S/C13H10BrF2NO3S/c14-11-5-9(15)2-1-8(11)7-20-13-4-3-10(6-12(13)16)21(17,18)19/h1-6H,7H2,(H2,17,18,19). The Morgan fingerprint density at radius 3 is 2.43 bits per heavy atom. The Labute approximate surface area is 128 Å². The van der Waals surface area contributed by atoms with Gasteiger partial charge in [0, 0.05) is 10.0 Å². The van der Waals surface area contributed by atoms with Gasteiger partial charge in [0.05, 0.1) is 4.90 Å². The fraction of sp³-hybridized carbons (Fsp3) is 0.0769. The largest absolute Gasteiger partial charge is 0.486 e. The minimum Gasteiger partial charge on any atom is -0.486 e. The van der Waals surface area contributed by atoms with E-state index in [9.17, 15) is 17.2 Å². The summed E-state index contributed by atoms with van der Waals surface area (Å²) in [7, 11) is -3.97. The van der Waals surface area contributed by atoms with Crippen LogP contribution in [-0.2, 0) is 16.6 Å². The first-order valence-corrected chi connectivity index (χ1v) is 8.00. The Morgan fingerprint density at radius 2 is 1.86 bits per heavy atom. The minimum absolute atomic E-state index is 0.00744. The molecule has 21 heavy (non-hydrogen) atoms. The second kappa shape index (κ2) is 6.08. The Kier molecular flexibility index (Phi) is 4.60. The quantitative estimate of drug-likeness (QED) is 0.890. The lowest BCUT2D eigenvalue weighted by molar-refractivity contribution is 0.289. The van der Waals surface area contributed by atoms with Gasteiger partial charge >= 0.3 is 0 Å². The first kappa shape index (κ1) is 15.9. The van der Waals surface area contributed by atoms with Crippen LogP contribution in [0.1, 0.15) is 5.56 Å². The highest BCUT2D eigenvalue weighted by Gasteiger charge is 2.13. The summed E-state index contributed by atoms with van der Waals surface area (Å²) in [5.41, 5.74) is 0.617. The lowest BCUT2D eigenvalue weighted by Gasteiger charge is -2.09. The maximum Gasteiger partial charge on any atom is 0.238 e. The molecule has 0 fully saturated rings. The van der Waals surface area contributed by atoms with Gasteiger partial charge in [-0.2, -0.15) is 0 Å². The highest BCUT2D eigenvalue weighted by molar-refractivity contribution is 9.10. The molecule has 2 N–H and O–H groups in total. The topological polar surface area (TPSA) is 69.4 Å². The first-order chi connectivity index (χ1) is 9.77. The van der Waals surface area contributed by atoms with Crippen LogP contribution in [-0.4, -0.2) is 8.42 Å². The summed E-state index contributed by atoms with van der Waals surface area (Å²) in [6.45, 7) is -0.00744. The smallest absolute Gasteiger partial charge is 0.238 e. The Balaban J connectivity index is 2.17. The van der Waals surface area contributed by atoms with Crippen molar-refractivity contribution in [1.82, 2.24) is 0 Å². The van der Waals surface area contributed by atoms with Crippen molar-refractivity contribution in [1.29, 1.82) is 0 Å². The number of rotatable bonds is 4. The molecule has 2 rings (SSSR count). The fourth-order valence-electron chi connectivity index (χ4n) is 1.57. The van der Waals surface area contributed by atoms with Crippen LogP contribution >= 0.6 is 15.9 Å². The first-order valence-electron chi connectivity index (χ1n) is 5.66. The van der Waals surface area contributed by atoms with E-state index < -0.39 is 21.7 Å². The van der Waals surface area contributed by atoms with E-state index in [1.54, 1.807) is 0 Å². The van der Waals surface area contributed by atoms with Crippen molar-refractivity contribution in [2.75, 3.05) is 0 Å². The van der Waals surface area contributed by atoms with Crippen molar-refractivity contribution >= 4 is 26.0 Å². The second-order valence-corrected chi connectivity index (χ2v) is 6.58. The molecule has 0 saturated heterocycles. The Morgan fingerprint density at radius 1 is 1.14 bits per heavy atom. The van der Waals surface area contributed by atoms with Crippen molar-refractivity contribution in [3.05, 3.63) is 58.1 Å². The molecule has 0 heterocycles. The van der Waals surface area contributed by atoms with Crippen LogP contribution in [0.4, 0.5) is 8.78 Å². The summed E-state index contributed by atoms with van der Waals surface area (Å²) in [4.78, 5) is -0.338. The predicted molar refractivity (Wildman–Crippen MR) is 76.2 cm³/mol. The molecule has 0 aromatic heterocycles. The van der Waals surface area contributed by atoms with E-state index >= 15 is 0 Å². The third-order valence-electron chi connectivity index (χ3n) is 2.63. The average Bonchev–Trinajstić information content (AvgIpc) is 2.38. The summed E-state index contributed by atoms with van der Waals surface area (Å²) in [6, 6.07) is 7.11. The molecule has 4 nitrogen and oxygen atoms in total. The van der Waals surface area contributed by atoms with Crippen molar-refractivity contribution < 1.29 is 21.9 Å². The molecule has 0 atom stereocenters. The summed E-state index contributed by atoms with van der Waals surface area (Å²) in [5, 5.41) is 4.90. The lowest BCUT2D eigenvalue weighted by atomic mass is 10.2. The monoisotopic (exact) mass is 377 g/mol. The number of nitrogens with two attached hydrogens (primary N) is 1. The third-order valence-corrected chi connectivity index (χ3v) is 4.28. The molecule has 0 saturated carbocycles. The summed E-state index contributed by atoms with van der Waals surface area (Å²) in [5.74, 6) is -1.38. The normalized spacial score (nSPS) is 11.4. The molecule has 0 aliphatic carbocycles. The fourth-order valence-corrected chi connectivity index (χ4v) is 2.56. The van der Waals surface area contributed by atoms with E-state index in [-0.39, 0.29) is 17.3 Å².